The highest BCUT2D eigenvalue weighted by Gasteiger charge is 2.24. The van der Waals surface area contributed by atoms with Gasteiger partial charge < -0.3 is 19.8 Å². The van der Waals surface area contributed by atoms with E-state index in [2.05, 4.69) is 10.3 Å². The van der Waals surface area contributed by atoms with Crippen molar-refractivity contribution in [2.45, 2.75) is 20.8 Å². The van der Waals surface area contributed by atoms with Crippen LogP contribution >= 0.6 is 0 Å². The summed E-state index contributed by atoms with van der Waals surface area (Å²) in [6, 6.07) is 8.24. The second-order valence-corrected chi connectivity index (χ2v) is 5.66. The number of aromatic amines is 1. The van der Waals surface area contributed by atoms with Crippen LogP contribution < -0.4 is 5.32 Å². The first-order chi connectivity index (χ1) is 12.9. The molecule has 0 radical (unpaired) electrons. The minimum absolute atomic E-state index is 0.184. The predicted molar refractivity (Wildman–Crippen MR) is 96.3 cm³/mol. The SMILES string of the molecule is CCOC(=O)c1[nH]c(C)c(C(=O)OCC(=O)Nc2ccc(C#N)cc2)c1C. The van der Waals surface area contributed by atoms with Crippen molar-refractivity contribution in [3.63, 3.8) is 0 Å². The van der Waals surface area contributed by atoms with Gasteiger partial charge >= 0.3 is 11.9 Å². The molecule has 1 aromatic heterocycles. The predicted octanol–water partition coefficient (Wildman–Crippen LogP) is 2.48. The molecule has 0 aliphatic carbocycles. The molecule has 0 aliphatic rings. The number of nitrogens with zero attached hydrogens (tertiary/aromatic N) is 1. The highest BCUT2D eigenvalue weighted by Crippen LogP contribution is 2.20. The number of hydrogen-bond donors (Lipinski definition) is 2. The Hall–Kier alpha value is -3.60. The molecule has 27 heavy (non-hydrogen) atoms. The van der Waals surface area contributed by atoms with Gasteiger partial charge in [-0.05, 0) is 50.6 Å². The van der Waals surface area contributed by atoms with E-state index in [9.17, 15) is 14.4 Å². The van der Waals surface area contributed by atoms with Crippen LogP contribution in [0, 0.1) is 25.2 Å². The number of amides is 1. The smallest absolute Gasteiger partial charge is 0.355 e. The highest BCUT2D eigenvalue weighted by molar-refractivity contribution is 6.00. The maximum Gasteiger partial charge on any atom is 0.355 e. The molecule has 8 nitrogen and oxygen atoms in total. The van der Waals surface area contributed by atoms with Crippen molar-refractivity contribution >= 4 is 23.5 Å². The summed E-state index contributed by atoms with van der Waals surface area (Å²) < 4.78 is 9.98. The molecular weight excluding hydrogens is 350 g/mol. The van der Waals surface area contributed by atoms with Crippen molar-refractivity contribution in [1.29, 1.82) is 5.26 Å². The largest absolute Gasteiger partial charge is 0.461 e. The Kier molecular flexibility index (Phi) is 6.33. The summed E-state index contributed by atoms with van der Waals surface area (Å²) >= 11 is 0. The third kappa shape index (κ3) is 4.73. The van der Waals surface area contributed by atoms with Crippen molar-refractivity contribution in [2.75, 3.05) is 18.5 Å². The molecule has 0 aliphatic heterocycles. The molecule has 0 atom stereocenters. The van der Waals surface area contributed by atoms with Gasteiger partial charge in [-0.1, -0.05) is 0 Å². The molecule has 2 rings (SSSR count). The minimum atomic E-state index is -0.716. The summed E-state index contributed by atoms with van der Waals surface area (Å²) in [6.45, 7) is 4.64. The molecule has 2 N–H and O–H groups in total. The van der Waals surface area contributed by atoms with Crippen molar-refractivity contribution in [2.24, 2.45) is 0 Å². The topological polar surface area (TPSA) is 121 Å². The lowest BCUT2D eigenvalue weighted by molar-refractivity contribution is -0.119. The molecule has 0 spiro atoms. The number of benzene rings is 1. The standard InChI is InChI=1S/C19H19N3O5/c1-4-26-19(25)17-11(2)16(12(3)21-17)18(24)27-10-15(23)22-14-7-5-13(9-20)6-8-14/h5-8,21H,4,10H2,1-3H3,(H,22,23). The Labute approximate surface area is 156 Å². The van der Waals surface area contributed by atoms with Crippen molar-refractivity contribution in [1.82, 2.24) is 4.98 Å². The number of ether oxygens (including phenoxy) is 2. The number of hydrogen-bond acceptors (Lipinski definition) is 6. The van der Waals surface area contributed by atoms with Gasteiger partial charge in [-0.15, -0.1) is 0 Å². The summed E-state index contributed by atoms with van der Waals surface area (Å²) in [7, 11) is 0. The summed E-state index contributed by atoms with van der Waals surface area (Å²) in [5.41, 5.74) is 2.19. The van der Waals surface area contributed by atoms with Crippen LogP contribution in [0.5, 0.6) is 0 Å². The number of nitriles is 1. The van der Waals surface area contributed by atoms with Gasteiger partial charge in [-0.3, -0.25) is 4.79 Å². The zero-order valence-electron chi connectivity index (χ0n) is 15.2. The van der Waals surface area contributed by atoms with Gasteiger partial charge in [-0.2, -0.15) is 5.26 Å². The fraction of sp³-hybridized carbons (Fsp3) is 0.263. The van der Waals surface area contributed by atoms with Gasteiger partial charge in [0.15, 0.2) is 6.61 Å². The monoisotopic (exact) mass is 369 g/mol. The number of H-pyrrole nitrogens is 1. The summed E-state index contributed by atoms with van der Waals surface area (Å²) in [4.78, 5) is 38.9. The molecule has 2 aromatic rings. The lowest BCUT2D eigenvalue weighted by Gasteiger charge is -2.07. The molecule has 1 heterocycles. The van der Waals surface area contributed by atoms with E-state index in [1.807, 2.05) is 6.07 Å². The van der Waals surface area contributed by atoms with Crippen LogP contribution in [0.15, 0.2) is 24.3 Å². The second-order valence-electron chi connectivity index (χ2n) is 5.66. The van der Waals surface area contributed by atoms with E-state index in [0.717, 1.165) is 0 Å². The van der Waals surface area contributed by atoms with Crippen LogP contribution in [0.4, 0.5) is 5.69 Å². The fourth-order valence-corrected chi connectivity index (χ4v) is 2.49. The Bertz CT molecular complexity index is 907. The van der Waals surface area contributed by atoms with E-state index in [1.165, 1.54) is 0 Å². The first kappa shape index (κ1) is 19.7. The van der Waals surface area contributed by atoms with Gasteiger partial charge in [0.1, 0.15) is 5.69 Å². The second kappa shape index (κ2) is 8.67. The van der Waals surface area contributed by atoms with E-state index in [0.29, 0.717) is 22.5 Å². The van der Waals surface area contributed by atoms with Crippen LogP contribution in [0.2, 0.25) is 0 Å². The summed E-state index contributed by atoms with van der Waals surface area (Å²) in [5, 5.41) is 11.3. The van der Waals surface area contributed by atoms with E-state index in [1.54, 1.807) is 45.0 Å². The van der Waals surface area contributed by atoms with Gasteiger partial charge in [-0.25, -0.2) is 9.59 Å². The molecule has 1 aromatic carbocycles. The molecule has 140 valence electrons. The van der Waals surface area contributed by atoms with Crippen molar-refractivity contribution in [3.05, 3.63) is 52.3 Å². The quantitative estimate of drug-likeness (QED) is 0.755. The van der Waals surface area contributed by atoms with E-state index >= 15 is 0 Å². The van der Waals surface area contributed by atoms with Gasteiger partial charge in [0.05, 0.1) is 23.8 Å². The zero-order chi connectivity index (χ0) is 20.0. The summed E-state index contributed by atoms with van der Waals surface area (Å²) in [6.07, 6.45) is 0. The third-order valence-corrected chi connectivity index (χ3v) is 3.75. The summed E-state index contributed by atoms with van der Waals surface area (Å²) in [5.74, 6) is -1.80. The van der Waals surface area contributed by atoms with Crippen LogP contribution in [0.1, 0.15) is 44.6 Å². The number of aryl methyl sites for hydroxylation is 1. The normalized spacial score (nSPS) is 10.0. The highest BCUT2D eigenvalue weighted by atomic mass is 16.5. The van der Waals surface area contributed by atoms with E-state index in [-0.39, 0.29) is 17.9 Å². The van der Waals surface area contributed by atoms with Crippen LogP contribution in [-0.4, -0.2) is 36.0 Å². The molecule has 0 fully saturated rings. The fourth-order valence-electron chi connectivity index (χ4n) is 2.49. The van der Waals surface area contributed by atoms with Crippen molar-refractivity contribution in [3.8, 4) is 6.07 Å². The average molecular weight is 369 g/mol. The lowest BCUT2D eigenvalue weighted by atomic mass is 10.1. The van der Waals surface area contributed by atoms with Gasteiger partial charge in [0.25, 0.3) is 5.91 Å². The molecule has 1 amide bonds. The Morgan fingerprint density at radius 2 is 1.78 bits per heavy atom. The molecule has 0 saturated heterocycles. The zero-order valence-corrected chi connectivity index (χ0v) is 15.2. The van der Waals surface area contributed by atoms with Gasteiger partial charge in [0.2, 0.25) is 0 Å². The number of rotatable bonds is 6. The maximum absolute atomic E-state index is 12.3. The third-order valence-electron chi connectivity index (χ3n) is 3.75. The number of carbonyl (C=O) groups excluding carboxylic acids is 3. The van der Waals surface area contributed by atoms with Crippen molar-refractivity contribution < 1.29 is 23.9 Å². The number of esters is 2. The van der Waals surface area contributed by atoms with Crippen LogP contribution in [0.25, 0.3) is 0 Å². The molecular formula is C19H19N3O5. The average Bonchev–Trinajstić information content (AvgIpc) is 2.95. The Morgan fingerprint density at radius 3 is 2.37 bits per heavy atom. The Morgan fingerprint density at radius 1 is 1.11 bits per heavy atom. The number of anilines is 1. The van der Waals surface area contributed by atoms with Crippen LogP contribution in [-0.2, 0) is 14.3 Å². The molecule has 0 bridgehead atoms. The molecule has 8 heteroatoms. The van der Waals surface area contributed by atoms with Crippen LogP contribution in [0.3, 0.4) is 0 Å². The first-order valence-electron chi connectivity index (χ1n) is 8.20. The molecule has 0 saturated carbocycles. The lowest BCUT2D eigenvalue weighted by Crippen LogP contribution is -2.21. The van der Waals surface area contributed by atoms with E-state index < -0.39 is 24.5 Å². The number of nitrogens with one attached hydrogen (secondary N) is 2. The van der Waals surface area contributed by atoms with E-state index in [4.69, 9.17) is 14.7 Å². The van der Waals surface area contributed by atoms with Gasteiger partial charge in [0, 0.05) is 11.4 Å². The molecule has 0 unspecified atom stereocenters. The number of aromatic nitrogens is 1. The number of carbonyl (C=O) groups is 3. The minimum Gasteiger partial charge on any atom is -0.461 e. The maximum atomic E-state index is 12.3. The first-order valence-corrected chi connectivity index (χ1v) is 8.20. The Balaban J connectivity index is 1.99.